The minimum Gasteiger partial charge on any atom is -0.463 e. The Morgan fingerprint density at radius 2 is 2.10 bits per heavy atom. The summed E-state index contributed by atoms with van der Waals surface area (Å²) in [7, 11) is 0. The summed E-state index contributed by atoms with van der Waals surface area (Å²) in [6.45, 7) is 0.887. The summed E-state index contributed by atoms with van der Waals surface area (Å²) in [5, 5.41) is 12.6. The third kappa shape index (κ3) is 2.20. The van der Waals surface area contributed by atoms with Gasteiger partial charge in [0.05, 0.1) is 5.56 Å². The summed E-state index contributed by atoms with van der Waals surface area (Å²) in [4.78, 5) is 0. The van der Waals surface area contributed by atoms with Crippen molar-refractivity contribution in [2.75, 3.05) is 6.54 Å². The van der Waals surface area contributed by atoms with Crippen LogP contribution in [0.25, 0.3) is 22.4 Å². The van der Waals surface area contributed by atoms with Crippen LogP contribution < -0.4 is 5.32 Å². The molecule has 5 heteroatoms. The molecule has 5 nitrogen and oxygen atoms in total. The van der Waals surface area contributed by atoms with Gasteiger partial charge in [0.1, 0.15) is 11.8 Å². The van der Waals surface area contributed by atoms with E-state index in [1.54, 1.807) is 6.26 Å². The summed E-state index contributed by atoms with van der Waals surface area (Å²) in [5.74, 6) is 1.19. The summed E-state index contributed by atoms with van der Waals surface area (Å²) in [5.41, 5.74) is 1.69. The topological polar surface area (TPSA) is 64.1 Å². The van der Waals surface area contributed by atoms with E-state index in [4.69, 9.17) is 8.83 Å². The standard InChI is InChI=1S/C15H15N3O2/c1-2-4-13-11(3-1)12(9-19-13)15-18-17-14(20-15)7-8-16-10-5-6-10/h1-4,9-10,16H,5-8H2. The molecule has 2 heterocycles. The zero-order chi connectivity index (χ0) is 13.4. The Morgan fingerprint density at radius 1 is 1.20 bits per heavy atom. The molecule has 0 amide bonds. The minimum atomic E-state index is 0.524. The van der Waals surface area contributed by atoms with Gasteiger partial charge in [-0.3, -0.25) is 0 Å². The van der Waals surface area contributed by atoms with Gasteiger partial charge in [-0.2, -0.15) is 0 Å². The van der Waals surface area contributed by atoms with E-state index >= 15 is 0 Å². The van der Waals surface area contributed by atoms with Crippen molar-refractivity contribution in [3.8, 4) is 11.5 Å². The van der Waals surface area contributed by atoms with Crippen LogP contribution in [0.3, 0.4) is 0 Å². The molecular weight excluding hydrogens is 254 g/mol. The van der Waals surface area contributed by atoms with Gasteiger partial charge in [-0.15, -0.1) is 10.2 Å². The Balaban J connectivity index is 1.54. The highest BCUT2D eigenvalue weighted by atomic mass is 16.4. The zero-order valence-electron chi connectivity index (χ0n) is 11.0. The molecule has 1 N–H and O–H groups in total. The number of fused-ring (bicyclic) bond motifs is 1. The molecule has 0 unspecified atom stereocenters. The molecule has 20 heavy (non-hydrogen) atoms. The molecule has 0 aliphatic heterocycles. The highest BCUT2D eigenvalue weighted by Crippen LogP contribution is 2.29. The Morgan fingerprint density at radius 3 is 3.00 bits per heavy atom. The molecule has 1 aliphatic carbocycles. The lowest BCUT2D eigenvalue weighted by molar-refractivity contribution is 0.493. The van der Waals surface area contributed by atoms with Crippen LogP contribution in [0.1, 0.15) is 18.7 Å². The minimum absolute atomic E-state index is 0.524. The zero-order valence-corrected chi connectivity index (χ0v) is 11.0. The molecule has 0 bridgehead atoms. The molecule has 0 spiro atoms. The fraction of sp³-hybridized carbons (Fsp3) is 0.333. The monoisotopic (exact) mass is 269 g/mol. The number of hydrogen-bond donors (Lipinski definition) is 1. The van der Waals surface area contributed by atoms with Crippen molar-refractivity contribution < 1.29 is 8.83 Å². The van der Waals surface area contributed by atoms with Gasteiger partial charge in [-0.25, -0.2) is 0 Å². The second-order valence-corrected chi connectivity index (χ2v) is 5.12. The predicted molar refractivity (Wildman–Crippen MR) is 74.2 cm³/mol. The van der Waals surface area contributed by atoms with Crippen molar-refractivity contribution in [1.82, 2.24) is 15.5 Å². The summed E-state index contributed by atoms with van der Waals surface area (Å²) >= 11 is 0. The Labute approximate surface area is 116 Å². The smallest absolute Gasteiger partial charge is 0.251 e. The van der Waals surface area contributed by atoms with Crippen LogP contribution in [0.15, 0.2) is 39.4 Å². The van der Waals surface area contributed by atoms with Gasteiger partial charge >= 0.3 is 0 Å². The number of nitrogens with zero attached hydrogens (tertiary/aromatic N) is 2. The number of nitrogens with one attached hydrogen (secondary N) is 1. The number of para-hydroxylation sites is 1. The van der Waals surface area contributed by atoms with Gasteiger partial charge in [-0.05, 0) is 18.9 Å². The molecule has 0 radical (unpaired) electrons. The first-order valence-electron chi connectivity index (χ1n) is 6.92. The van der Waals surface area contributed by atoms with E-state index in [9.17, 15) is 0 Å². The first-order valence-corrected chi connectivity index (χ1v) is 6.92. The van der Waals surface area contributed by atoms with Crippen molar-refractivity contribution >= 4 is 11.0 Å². The quantitative estimate of drug-likeness (QED) is 0.771. The fourth-order valence-electron chi connectivity index (χ4n) is 2.28. The summed E-state index contributed by atoms with van der Waals surface area (Å²) < 4.78 is 11.2. The predicted octanol–water partition coefficient (Wildman–Crippen LogP) is 2.78. The van der Waals surface area contributed by atoms with Crippen LogP contribution in [-0.4, -0.2) is 22.8 Å². The molecule has 1 saturated carbocycles. The number of rotatable bonds is 5. The maximum atomic E-state index is 5.72. The number of benzene rings is 1. The normalized spacial score (nSPS) is 15.0. The van der Waals surface area contributed by atoms with Crippen molar-refractivity contribution in [3.63, 3.8) is 0 Å². The lowest BCUT2D eigenvalue weighted by atomic mass is 10.2. The van der Waals surface area contributed by atoms with Crippen molar-refractivity contribution in [2.45, 2.75) is 25.3 Å². The molecule has 4 rings (SSSR count). The van der Waals surface area contributed by atoms with Crippen molar-refractivity contribution in [3.05, 3.63) is 36.4 Å². The second kappa shape index (κ2) is 4.76. The molecule has 1 aliphatic rings. The van der Waals surface area contributed by atoms with E-state index in [-0.39, 0.29) is 0 Å². The van der Waals surface area contributed by atoms with Crippen molar-refractivity contribution in [2.24, 2.45) is 0 Å². The van der Waals surface area contributed by atoms with Crippen LogP contribution in [0, 0.1) is 0 Å². The molecule has 0 saturated heterocycles. The maximum absolute atomic E-state index is 5.72. The van der Waals surface area contributed by atoms with Crippen LogP contribution in [0.5, 0.6) is 0 Å². The fourth-order valence-corrected chi connectivity index (χ4v) is 2.28. The first-order chi connectivity index (χ1) is 9.90. The summed E-state index contributed by atoms with van der Waals surface area (Å²) in [6.07, 6.45) is 5.01. The van der Waals surface area contributed by atoms with Gasteiger partial charge in [0.25, 0.3) is 5.89 Å². The summed E-state index contributed by atoms with van der Waals surface area (Å²) in [6, 6.07) is 8.54. The van der Waals surface area contributed by atoms with Crippen LogP contribution >= 0.6 is 0 Å². The Kier molecular flexibility index (Phi) is 2.77. The molecule has 0 atom stereocenters. The number of hydrogen-bond acceptors (Lipinski definition) is 5. The number of aromatic nitrogens is 2. The van der Waals surface area contributed by atoms with E-state index in [1.165, 1.54) is 12.8 Å². The maximum Gasteiger partial charge on any atom is 0.251 e. The van der Waals surface area contributed by atoms with E-state index in [2.05, 4.69) is 15.5 Å². The third-order valence-electron chi connectivity index (χ3n) is 3.53. The van der Waals surface area contributed by atoms with Gasteiger partial charge in [0, 0.05) is 24.4 Å². The lowest BCUT2D eigenvalue weighted by Gasteiger charge is -1.97. The molecule has 1 aromatic carbocycles. The van der Waals surface area contributed by atoms with Crippen LogP contribution in [0.2, 0.25) is 0 Å². The SMILES string of the molecule is c1ccc2c(-c3nnc(CCNC4CC4)o3)coc2c1. The molecule has 1 fully saturated rings. The highest BCUT2D eigenvalue weighted by Gasteiger charge is 2.20. The first kappa shape index (κ1) is 11.7. The molecule has 102 valence electrons. The third-order valence-corrected chi connectivity index (χ3v) is 3.53. The van der Waals surface area contributed by atoms with Gasteiger partial charge in [0.2, 0.25) is 5.89 Å². The largest absolute Gasteiger partial charge is 0.463 e. The average molecular weight is 269 g/mol. The molecule has 3 aromatic rings. The van der Waals surface area contributed by atoms with Gasteiger partial charge < -0.3 is 14.2 Å². The molecular formula is C15H15N3O2. The molecule has 2 aromatic heterocycles. The average Bonchev–Trinajstić information content (AvgIpc) is 3.01. The second-order valence-electron chi connectivity index (χ2n) is 5.12. The van der Waals surface area contributed by atoms with Gasteiger partial charge in [-0.1, -0.05) is 18.2 Å². The van der Waals surface area contributed by atoms with Crippen molar-refractivity contribution in [1.29, 1.82) is 0 Å². The van der Waals surface area contributed by atoms with Crippen LogP contribution in [-0.2, 0) is 6.42 Å². The van der Waals surface area contributed by atoms with Gasteiger partial charge in [0.15, 0.2) is 0 Å². The van der Waals surface area contributed by atoms with E-state index in [1.807, 2.05) is 24.3 Å². The lowest BCUT2D eigenvalue weighted by Crippen LogP contribution is -2.19. The van der Waals surface area contributed by atoms with E-state index in [0.717, 1.165) is 29.5 Å². The van der Waals surface area contributed by atoms with E-state index in [0.29, 0.717) is 17.8 Å². The number of furan rings is 1. The van der Waals surface area contributed by atoms with E-state index < -0.39 is 0 Å². The Bertz CT molecular complexity index is 727. The van der Waals surface area contributed by atoms with Crippen LogP contribution in [0.4, 0.5) is 0 Å². The highest BCUT2D eigenvalue weighted by molar-refractivity contribution is 5.91. The Hall–Kier alpha value is -2.14.